The van der Waals surface area contributed by atoms with Crippen LogP contribution in [0.1, 0.15) is 63.1 Å². The van der Waals surface area contributed by atoms with Crippen molar-refractivity contribution in [2.24, 2.45) is 5.92 Å². The average Bonchev–Trinajstić information content (AvgIpc) is 2.70. The number of amides is 2. The average molecular weight is 475 g/mol. The normalized spacial score (nSPS) is 12.0. The molecule has 1 atom stereocenters. The van der Waals surface area contributed by atoms with Crippen molar-refractivity contribution in [1.29, 1.82) is 0 Å². The largest absolute Gasteiger partial charge is 0.483 e. The Morgan fingerprint density at radius 1 is 0.933 bits per heavy atom. The van der Waals surface area contributed by atoms with E-state index in [0.717, 1.165) is 16.5 Å². The van der Waals surface area contributed by atoms with E-state index in [4.69, 9.17) is 4.74 Å². The van der Waals surface area contributed by atoms with Crippen LogP contribution in [0.5, 0.6) is 5.75 Å². The summed E-state index contributed by atoms with van der Waals surface area (Å²) in [5.74, 6) is 0.489. The molecule has 0 bridgehead atoms. The number of carbonyl (C=O) groups is 2. The second kappa shape index (κ2) is 11.2. The Morgan fingerprint density at radius 3 is 2.13 bits per heavy atom. The summed E-state index contributed by atoms with van der Waals surface area (Å²) in [5, 5.41) is 0. The minimum atomic E-state index is -0.428. The fraction of sp³-hybridized carbons (Fsp3) is 0.417. The molecule has 30 heavy (non-hydrogen) atoms. The molecule has 5 nitrogen and oxygen atoms in total. The third kappa shape index (κ3) is 7.17. The molecule has 2 N–H and O–H groups in total. The molecule has 2 aromatic rings. The van der Waals surface area contributed by atoms with E-state index in [9.17, 15) is 9.59 Å². The SMILES string of the molecule is CC(C)Cc1ccc(C(C)C(=O)NNC(=O)COc2ccc(C(C)C)cc2Br)cc1. The van der Waals surface area contributed by atoms with Crippen molar-refractivity contribution in [1.82, 2.24) is 10.9 Å². The van der Waals surface area contributed by atoms with Crippen molar-refractivity contribution < 1.29 is 14.3 Å². The van der Waals surface area contributed by atoms with E-state index in [1.807, 2.05) is 49.4 Å². The van der Waals surface area contributed by atoms with Gasteiger partial charge in [0.2, 0.25) is 5.91 Å². The maximum atomic E-state index is 12.4. The van der Waals surface area contributed by atoms with Gasteiger partial charge in [0.1, 0.15) is 5.75 Å². The van der Waals surface area contributed by atoms with Gasteiger partial charge in [-0.3, -0.25) is 20.4 Å². The summed E-state index contributed by atoms with van der Waals surface area (Å²) in [6.07, 6.45) is 1.01. The van der Waals surface area contributed by atoms with Gasteiger partial charge in [0, 0.05) is 0 Å². The number of ether oxygens (including phenoxy) is 1. The molecule has 2 rings (SSSR count). The number of rotatable bonds is 8. The second-order valence-electron chi connectivity index (χ2n) is 8.23. The van der Waals surface area contributed by atoms with Crippen LogP contribution in [-0.4, -0.2) is 18.4 Å². The summed E-state index contributed by atoms with van der Waals surface area (Å²) in [5.41, 5.74) is 8.21. The van der Waals surface area contributed by atoms with Crippen LogP contribution in [0.4, 0.5) is 0 Å². The molecule has 0 aliphatic heterocycles. The smallest absolute Gasteiger partial charge is 0.276 e. The molecule has 2 amide bonds. The van der Waals surface area contributed by atoms with Crippen molar-refractivity contribution in [2.45, 2.75) is 52.9 Å². The van der Waals surface area contributed by atoms with Gasteiger partial charge in [0.05, 0.1) is 10.4 Å². The van der Waals surface area contributed by atoms with Crippen LogP contribution < -0.4 is 15.6 Å². The van der Waals surface area contributed by atoms with Crippen molar-refractivity contribution in [2.75, 3.05) is 6.61 Å². The number of carbonyl (C=O) groups excluding carboxylic acids is 2. The standard InChI is InChI=1S/C24H31BrN2O3/c1-15(2)12-18-6-8-19(9-7-18)17(5)24(29)27-26-23(28)14-30-22-11-10-20(16(3)4)13-21(22)25/h6-11,13,15-17H,12,14H2,1-5H3,(H,26,28)(H,27,29). The Hall–Kier alpha value is -2.34. The molecule has 0 fully saturated rings. The molecule has 1 unspecified atom stereocenters. The first-order valence-corrected chi connectivity index (χ1v) is 11.1. The zero-order valence-electron chi connectivity index (χ0n) is 18.3. The second-order valence-corrected chi connectivity index (χ2v) is 9.09. The molecule has 0 saturated heterocycles. The van der Waals surface area contributed by atoms with Crippen LogP contribution in [0.15, 0.2) is 46.9 Å². The summed E-state index contributed by atoms with van der Waals surface area (Å²) >= 11 is 3.46. The molecular weight excluding hydrogens is 444 g/mol. The topological polar surface area (TPSA) is 67.4 Å². The van der Waals surface area contributed by atoms with Gasteiger partial charge in [-0.2, -0.15) is 0 Å². The Bertz CT molecular complexity index is 863. The van der Waals surface area contributed by atoms with Crippen LogP contribution in [-0.2, 0) is 16.0 Å². The Kier molecular flexibility index (Phi) is 8.90. The summed E-state index contributed by atoms with van der Waals surface area (Å²) in [4.78, 5) is 24.4. The maximum absolute atomic E-state index is 12.4. The zero-order valence-corrected chi connectivity index (χ0v) is 19.9. The predicted molar refractivity (Wildman–Crippen MR) is 123 cm³/mol. The van der Waals surface area contributed by atoms with Crippen molar-refractivity contribution in [3.05, 3.63) is 63.6 Å². The highest BCUT2D eigenvalue weighted by Crippen LogP contribution is 2.28. The van der Waals surface area contributed by atoms with E-state index in [0.29, 0.717) is 17.6 Å². The summed E-state index contributed by atoms with van der Waals surface area (Å²) in [7, 11) is 0. The van der Waals surface area contributed by atoms with Gasteiger partial charge in [-0.25, -0.2) is 0 Å². The first kappa shape index (κ1) is 23.9. The van der Waals surface area contributed by atoms with Crippen molar-refractivity contribution in [3.8, 4) is 5.75 Å². The number of hydrazine groups is 1. The Labute approximate surface area is 187 Å². The fourth-order valence-electron chi connectivity index (χ4n) is 2.98. The van der Waals surface area contributed by atoms with Gasteiger partial charge >= 0.3 is 0 Å². The number of benzene rings is 2. The van der Waals surface area contributed by atoms with E-state index in [1.54, 1.807) is 0 Å². The van der Waals surface area contributed by atoms with E-state index in [1.165, 1.54) is 11.1 Å². The van der Waals surface area contributed by atoms with Crippen LogP contribution in [0.2, 0.25) is 0 Å². The minimum absolute atomic E-state index is 0.196. The number of halogens is 1. The van der Waals surface area contributed by atoms with Gasteiger partial charge in [-0.05, 0) is 69.9 Å². The predicted octanol–water partition coefficient (Wildman–Crippen LogP) is 5.10. The number of nitrogens with one attached hydrogen (secondary N) is 2. The molecule has 0 saturated carbocycles. The van der Waals surface area contributed by atoms with Crippen LogP contribution in [0, 0.1) is 5.92 Å². The molecule has 6 heteroatoms. The van der Waals surface area contributed by atoms with Crippen molar-refractivity contribution in [3.63, 3.8) is 0 Å². The number of hydrogen-bond acceptors (Lipinski definition) is 3. The Morgan fingerprint density at radius 2 is 1.57 bits per heavy atom. The van der Waals surface area contributed by atoms with Gasteiger partial charge in [-0.1, -0.05) is 58.0 Å². The quantitative estimate of drug-likeness (QED) is 0.522. The van der Waals surface area contributed by atoms with Gasteiger partial charge in [-0.15, -0.1) is 0 Å². The van der Waals surface area contributed by atoms with Crippen molar-refractivity contribution >= 4 is 27.7 Å². The first-order chi connectivity index (χ1) is 14.2. The molecule has 162 valence electrons. The third-order valence-electron chi connectivity index (χ3n) is 4.82. The molecular formula is C24H31BrN2O3. The molecule has 0 heterocycles. The lowest BCUT2D eigenvalue weighted by Crippen LogP contribution is -2.45. The molecule has 0 spiro atoms. The highest BCUT2D eigenvalue weighted by molar-refractivity contribution is 9.10. The van der Waals surface area contributed by atoms with Crippen LogP contribution in [0.3, 0.4) is 0 Å². The van der Waals surface area contributed by atoms with Gasteiger partial charge in [0.15, 0.2) is 6.61 Å². The van der Waals surface area contributed by atoms with E-state index in [-0.39, 0.29) is 18.4 Å². The minimum Gasteiger partial charge on any atom is -0.483 e. The maximum Gasteiger partial charge on any atom is 0.276 e. The molecule has 0 aromatic heterocycles. The van der Waals surface area contributed by atoms with Crippen LogP contribution >= 0.6 is 15.9 Å². The summed E-state index contributed by atoms with van der Waals surface area (Å²) in [6, 6.07) is 13.8. The van der Waals surface area contributed by atoms with Gasteiger partial charge < -0.3 is 4.74 Å². The molecule has 0 aliphatic carbocycles. The summed E-state index contributed by atoms with van der Waals surface area (Å²) < 4.78 is 6.34. The zero-order chi connectivity index (χ0) is 22.3. The highest BCUT2D eigenvalue weighted by atomic mass is 79.9. The lowest BCUT2D eigenvalue weighted by atomic mass is 9.96. The lowest BCUT2D eigenvalue weighted by molar-refractivity contribution is -0.130. The van der Waals surface area contributed by atoms with Gasteiger partial charge in [0.25, 0.3) is 5.91 Å². The van der Waals surface area contributed by atoms with Crippen LogP contribution in [0.25, 0.3) is 0 Å². The highest BCUT2D eigenvalue weighted by Gasteiger charge is 2.16. The molecule has 0 radical (unpaired) electrons. The monoisotopic (exact) mass is 474 g/mol. The molecule has 0 aliphatic rings. The fourth-order valence-corrected chi connectivity index (χ4v) is 3.49. The summed E-state index contributed by atoms with van der Waals surface area (Å²) in [6.45, 7) is 10.2. The van der Waals surface area contributed by atoms with E-state index < -0.39 is 5.91 Å². The molecule has 2 aromatic carbocycles. The lowest BCUT2D eigenvalue weighted by Gasteiger charge is -2.15. The third-order valence-corrected chi connectivity index (χ3v) is 5.44. The number of hydrogen-bond donors (Lipinski definition) is 2. The first-order valence-electron chi connectivity index (χ1n) is 10.3. The van der Waals surface area contributed by atoms with E-state index in [2.05, 4.69) is 54.5 Å². The Balaban J connectivity index is 1.81. The van der Waals surface area contributed by atoms with E-state index >= 15 is 0 Å².